The van der Waals surface area contributed by atoms with Crippen LogP contribution in [-0.4, -0.2) is 34.3 Å². The summed E-state index contributed by atoms with van der Waals surface area (Å²) in [6.07, 6.45) is 3.64. The van der Waals surface area contributed by atoms with Crippen molar-refractivity contribution in [2.24, 2.45) is 4.99 Å². The van der Waals surface area contributed by atoms with Gasteiger partial charge < -0.3 is 4.74 Å². The SMILES string of the molecule is O=C(c1cnc(OCC(F)(F)F)c(Cl)c1)n1ccccc1=NC1CCCCC1. The summed E-state index contributed by atoms with van der Waals surface area (Å²) in [6.45, 7) is -1.51. The van der Waals surface area contributed by atoms with Crippen LogP contribution in [0.15, 0.2) is 41.7 Å². The quantitative estimate of drug-likeness (QED) is 0.746. The van der Waals surface area contributed by atoms with Crippen LogP contribution in [0.4, 0.5) is 13.2 Å². The van der Waals surface area contributed by atoms with Crippen LogP contribution in [0, 0.1) is 0 Å². The summed E-state index contributed by atoms with van der Waals surface area (Å²) in [5, 5.41) is -0.169. The molecule has 0 amide bonds. The van der Waals surface area contributed by atoms with Crippen molar-refractivity contribution in [1.29, 1.82) is 0 Å². The van der Waals surface area contributed by atoms with E-state index in [4.69, 9.17) is 16.6 Å². The average Bonchev–Trinajstić information content (AvgIpc) is 2.67. The molecule has 2 aromatic rings. The third kappa shape index (κ3) is 5.34. The second-order valence-corrected chi connectivity index (χ2v) is 6.98. The smallest absolute Gasteiger partial charge is 0.422 e. The largest absolute Gasteiger partial charge is 0.467 e. The maximum absolute atomic E-state index is 12.9. The molecule has 150 valence electrons. The monoisotopic (exact) mass is 413 g/mol. The van der Waals surface area contributed by atoms with Crippen molar-refractivity contribution in [2.45, 2.75) is 44.3 Å². The van der Waals surface area contributed by atoms with Crippen LogP contribution in [-0.2, 0) is 0 Å². The van der Waals surface area contributed by atoms with Gasteiger partial charge >= 0.3 is 6.18 Å². The number of aromatic nitrogens is 2. The first-order chi connectivity index (χ1) is 13.3. The fourth-order valence-electron chi connectivity index (χ4n) is 3.05. The highest BCUT2D eigenvalue weighted by molar-refractivity contribution is 6.32. The van der Waals surface area contributed by atoms with Crippen molar-refractivity contribution in [3.05, 3.63) is 52.7 Å². The first kappa shape index (κ1) is 20.4. The van der Waals surface area contributed by atoms with Crippen LogP contribution >= 0.6 is 11.6 Å². The molecule has 3 rings (SSSR count). The lowest BCUT2D eigenvalue weighted by molar-refractivity contribution is -0.154. The molecule has 0 atom stereocenters. The Morgan fingerprint density at radius 3 is 2.71 bits per heavy atom. The zero-order valence-electron chi connectivity index (χ0n) is 15.0. The molecule has 2 aromatic heterocycles. The predicted molar refractivity (Wildman–Crippen MR) is 97.4 cm³/mol. The number of hydrogen-bond acceptors (Lipinski definition) is 4. The topological polar surface area (TPSA) is 56.5 Å². The molecule has 0 N–H and O–H groups in total. The minimum absolute atomic E-state index is 0.126. The third-order valence-electron chi connectivity index (χ3n) is 4.37. The summed E-state index contributed by atoms with van der Waals surface area (Å²) in [6, 6.07) is 6.67. The highest BCUT2D eigenvalue weighted by Gasteiger charge is 2.29. The Kier molecular flexibility index (Phi) is 6.39. The molecule has 0 aromatic carbocycles. The van der Waals surface area contributed by atoms with Crippen LogP contribution in [0.5, 0.6) is 5.88 Å². The Labute approximate surface area is 164 Å². The van der Waals surface area contributed by atoms with Gasteiger partial charge in [-0.3, -0.25) is 14.4 Å². The number of alkyl halides is 3. The molecule has 1 aliphatic rings. The van der Waals surface area contributed by atoms with E-state index in [1.165, 1.54) is 17.1 Å². The third-order valence-corrected chi connectivity index (χ3v) is 4.64. The van der Waals surface area contributed by atoms with Gasteiger partial charge in [-0.1, -0.05) is 36.9 Å². The second kappa shape index (κ2) is 8.77. The van der Waals surface area contributed by atoms with Crippen LogP contribution in [0.2, 0.25) is 5.02 Å². The fraction of sp³-hybridized carbons (Fsp3) is 0.421. The molecule has 0 unspecified atom stereocenters. The number of nitrogens with zero attached hydrogens (tertiary/aromatic N) is 3. The molecule has 1 fully saturated rings. The first-order valence-corrected chi connectivity index (χ1v) is 9.32. The zero-order valence-corrected chi connectivity index (χ0v) is 15.7. The van der Waals surface area contributed by atoms with Gasteiger partial charge in [0, 0.05) is 12.4 Å². The summed E-state index contributed by atoms with van der Waals surface area (Å²) < 4.78 is 42.8. The molecular weight excluding hydrogens is 395 g/mol. The fourth-order valence-corrected chi connectivity index (χ4v) is 3.27. The van der Waals surface area contributed by atoms with Gasteiger partial charge in [-0.2, -0.15) is 13.2 Å². The van der Waals surface area contributed by atoms with Gasteiger partial charge in [0.1, 0.15) is 10.5 Å². The van der Waals surface area contributed by atoms with E-state index in [0.717, 1.165) is 31.9 Å². The number of carbonyl (C=O) groups is 1. The van der Waals surface area contributed by atoms with Crippen molar-refractivity contribution in [1.82, 2.24) is 9.55 Å². The molecular formula is C19H19ClF3N3O2. The van der Waals surface area contributed by atoms with E-state index < -0.39 is 18.7 Å². The molecule has 9 heteroatoms. The lowest BCUT2D eigenvalue weighted by Crippen LogP contribution is -2.29. The molecule has 2 heterocycles. The lowest BCUT2D eigenvalue weighted by Gasteiger charge is -2.17. The maximum atomic E-state index is 12.9. The van der Waals surface area contributed by atoms with Crippen LogP contribution in [0.25, 0.3) is 0 Å². The van der Waals surface area contributed by atoms with Gasteiger partial charge in [0.2, 0.25) is 5.88 Å². The lowest BCUT2D eigenvalue weighted by atomic mass is 9.96. The summed E-state index contributed by atoms with van der Waals surface area (Å²) in [5.74, 6) is -0.798. The average molecular weight is 414 g/mol. The van der Waals surface area contributed by atoms with Crippen LogP contribution in [0.3, 0.4) is 0 Å². The summed E-state index contributed by atoms with van der Waals surface area (Å²) >= 11 is 5.95. The van der Waals surface area contributed by atoms with Gasteiger partial charge in [-0.15, -0.1) is 0 Å². The molecule has 0 radical (unpaired) electrons. The van der Waals surface area contributed by atoms with Gasteiger partial charge in [0.15, 0.2) is 6.61 Å². The predicted octanol–water partition coefficient (Wildman–Crippen LogP) is 4.40. The van der Waals surface area contributed by atoms with E-state index in [2.05, 4.69) is 9.72 Å². The van der Waals surface area contributed by atoms with Gasteiger partial charge in [-0.25, -0.2) is 4.98 Å². The zero-order chi connectivity index (χ0) is 20.1. The van der Waals surface area contributed by atoms with E-state index in [1.54, 1.807) is 24.4 Å². The van der Waals surface area contributed by atoms with Crippen LogP contribution in [0.1, 0.15) is 42.5 Å². The normalized spacial score (nSPS) is 16.2. The van der Waals surface area contributed by atoms with E-state index in [-0.39, 0.29) is 22.5 Å². The van der Waals surface area contributed by atoms with Crippen molar-refractivity contribution < 1.29 is 22.7 Å². The number of carbonyl (C=O) groups excluding carboxylic acids is 1. The van der Waals surface area contributed by atoms with Crippen molar-refractivity contribution >= 4 is 17.5 Å². The van der Waals surface area contributed by atoms with E-state index in [9.17, 15) is 18.0 Å². The Morgan fingerprint density at radius 1 is 1.29 bits per heavy atom. The molecule has 0 spiro atoms. The molecule has 1 saturated carbocycles. The molecule has 1 aliphatic carbocycles. The van der Waals surface area contributed by atoms with Crippen molar-refractivity contribution in [2.75, 3.05) is 6.61 Å². The Balaban J connectivity index is 1.84. The maximum Gasteiger partial charge on any atom is 0.422 e. The van der Waals surface area contributed by atoms with Gasteiger partial charge in [0.25, 0.3) is 5.91 Å². The number of halogens is 4. The number of ether oxygens (including phenoxy) is 1. The molecule has 0 bridgehead atoms. The van der Waals surface area contributed by atoms with Crippen LogP contribution < -0.4 is 10.2 Å². The number of hydrogen-bond donors (Lipinski definition) is 0. The highest BCUT2D eigenvalue weighted by Crippen LogP contribution is 2.25. The summed E-state index contributed by atoms with van der Waals surface area (Å²) in [4.78, 5) is 21.3. The summed E-state index contributed by atoms with van der Waals surface area (Å²) in [7, 11) is 0. The molecule has 0 aliphatic heterocycles. The van der Waals surface area contributed by atoms with E-state index >= 15 is 0 Å². The van der Waals surface area contributed by atoms with E-state index in [1.807, 2.05) is 0 Å². The number of pyridine rings is 2. The minimum atomic E-state index is -4.51. The highest BCUT2D eigenvalue weighted by atomic mass is 35.5. The molecule has 28 heavy (non-hydrogen) atoms. The number of rotatable bonds is 4. The van der Waals surface area contributed by atoms with E-state index in [0.29, 0.717) is 5.49 Å². The first-order valence-electron chi connectivity index (χ1n) is 8.95. The van der Waals surface area contributed by atoms with Gasteiger partial charge in [0.05, 0.1) is 11.6 Å². The Hall–Kier alpha value is -2.35. The standard InChI is InChI=1S/C19H19ClF3N3O2/c20-15-10-13(11-24-17(15)28-12-19(21,22)23)18(27)26-9-5-4-8-16(26)25-14-6-2-1-3-7-14/h4-5,8-11,14H,1-3,6-7,12H2. The van der Waals surface area contributed by atoms with Gasteiger partial charge in [-0.05, 0) is 31.0 Å². The summed E-state index contributed by atoms with van der Waals surface area (Å²) in [5.41, 5.74) is 0.647. The minimum Gasteiger partial charge on any atom is -0.467 e. The second-order valence-electron chi connectivity index (χ2n) is 6.57. The van der Waals surface area contributed by atoms with Crippen molar-refractivity contribution in [3.63, 3.8) is 0 Å². The van der Waals surface area contributed by atoms with Crippen molar-refractivity contribution in [3.8, 4) is 5.88 Å². The Morgan fingerprint density at radius 2 is 2.04 bits per heavy atom. The Bertz CT molecular complexity index is 906. The molecule has 5 nitrogen and oxygen atoms in total. The molecule has 0 saturated heterocycles.